The van der Waals surface area contributed by atoms with Gasteiger partial charge in [-0.15, -0.1) is 0 Å². The highest BCUT2D eigenvalue weighted by Gasteiger charge is 2.28. The van der Waals surface area contributed by atoms with Crippen LogP contribution in [0, 0.1) is 0 Å². The summed E-state index contributed by atoms with van der Waals surface area (Å²) in [5, 5.41) is 0.298. The molecule has 0 aliphatic carbocycles. The van der Waals surface area contributed by atoms with E-state index < -0.39 is 5.97 Å². The van der Waals surface area contributed by atoms with Gasteiger partial charge in [-0.25, -0.2) is 4.79 Å². The number of rotatable bonds is 4. The van der Waals surface area contributed by atoms with Gasteiger partial charge in [-0.3, -0.25) is 4.79 Å². The molecule has 0 saturated heterocycles. The van der Waals surface area contributed by atoms with E-state index in [2.05, 4.69) is 0 Å². The second kappa shape index (κ2) is 7.81. The molecule has 0 bridgehead atoms. The van der Waals surface area contributed by atoms with Gasteiger partial charge in [0.25, 0.3) is 0 Å². The molecule has 0 N–H and O–H groups in total. The Morgan fingerprint density at radius 2 is 1.79 bits per heavy atom. The van der Waals surface area contributed by atoms with Crippen molar-refractivity contribution in [3.63, 3.8) is 0 Å². The number of fused-ring (bicyclic) bond motifs is 1. The average molecular weight is 407 g/mol. The van der Waals surface area contributed by atoms with Crippen molar-refractivity contribution in [1.82, 2.24) is 0 Å². The van der Waals surface area contributed by atoms with E-state index in [0.29, 0.717) is 22.1 Å². The molecule has 29 heavy (non-hydrogen) atoms. The summed E-state index contributed by atoms with van der Waals surface area (Å²) in [6.07, 6.45) is 1.62. The van der Waals surface area contributed by atoms with Crippen LogP contribution in [0.5, 0.6) is 17.2 Å². The van der Waals surface area contributed by atoms with E-state index in [0.717, 1.165) is 5.56 Å². The predicted molar refractivity (Wildman–Crippen MR) is 109 cm³/mol. The van der Waals surface area contributed by atoms with Crippen molar-refractivity contribution < 1.29 is 23.8 Å². The molecule has 1 heterocycles. The van der Waals surface area contributed by atoms with Gasteiger partial charge in [-0.1, -0.05) is 41.9 Å². The van der Waals surface area contributed by atoms with Gasteiger partial charge in [0, 0.05) is 11.6 Å². The van der Waals surface area contributed by atoms with Crippen LogP contribution < -0.4 is 14.2 Å². The Kier molecular flexibility index (Phi) is 5.06. The normalized spacial score (nSPS) is 13.7. The predicted octanol–water partition coefficient (Wildman–Crippen LogP) is 5.18. The van der Waals surface area contributed by atoms with Crippen molar-refractivity contribution in [2.75, 3.05) is 7.11 Å². The van der Waals surface area contributed by atoms with Crippen molar-refractivity contribution in [2.24, 2.45) is 0 Å². The molecule has 4 rings (SSSR count). The maximum absolute atomic E-state index is 12.6. The Morgan fingerprint density at radius 1 is 1.03 bits per heavy atom. The number of allylic oxidation sites excluding steroid dienone is 1. The van der Waals surface area contributed by atoms with Crippen LogP contribution in [-0.4, -0.2) is 18.9 Å². The molecule has 3 aromatic rings. The van der Waals surface area contributed by atoms with Crippen LogP contribution in [-0.2, 0) is 0 Å². The number of hydrogen-bond acceptors (Lipinski definition) is 5. The topological polar surface area (TPSA) is 61.8 Å². The zero-order chi connectivity index (χ0) is 20.4. The summed E-state index contributed by atoms with van der Waals surface area (Å²) in [5.74, 6) is 0.515. The highest BCUT2D eigenvalue weighted by Crippen LogP contribution is 2.36. The first-order chi connectivity index (χ1) is 14.1. The van der Waals surface area contributed by atoms with Crippen LogP contribution >= 0.6 is 11.6 Å². The Hall–Kier alpha value is -3.57. The molecule has 0 unspecified atom stereocenters. The summed E-state index contributed by atoms with van der Waals surface area (Å²) >= 11 is 6.03. The Morgan fingerprint density at radius 3 is 2.59 bits per heavy atom. The molecule has 1 aliphatic rings. The third kappa shape index (κ3) is 3.73. The molecule has 6 heteroatoms. The maximum atomic E-state index is 12.6. The van der Waals surface area contributed by atoms with Crippen LogP contribution in [0.25, 0.3) is 6.08 Å². The van der Waals surface area contributed by atoms with Gasteiger partial charge in [0.05, 0.1) is 23.3 Å². The number of hydrogen-bond donors (Lipinski definition) is 0. The molecule has 0 atom stereocenters. The average Bonchev–Trinajstić information content (AvgIpc) is 3.03. The van der Waals surface area contributed by atoms with Gasteiger partial charge < -0.3 is 14.2 Å². The van der Waals surface area contributed by atoms with Gasteiger partial charge in [0.15, 0.2) is 5.76 Å². The summed E-state index contributed by atoms with van der Waals surface area (Å²) in [5.41, 5.74) is 1.36. The molecular weight excluding hydrogens is 392 g/mol. The number of Topliss-reactive ketones (excluding diaryl/α,β-unsaturated/α-hetero) is 1. The number of para-hydroxylation sites is 1. The van der Waals surface area contributed by atoms with Crippen molar-refractivity contribution in [1.29, 1.82) is 0 Å². The van der Waals surface area contributed by atoms with Crippen LogP contribution in [0.15, 0.2) is 72.5 Å². The molecule has 1 aliphatic heterocycles. The highest BCUT2D eigenvalue weighted by molar-refractivity contribution is 6.33. The monoisotopic (exact) mass is 406 g/mol. The van der Waals surface area contributed by atoms with Gasteiger partial charge in [-0.2, -0.15) is 0 Å². The summed E-state index contributed by atoms with van der Waals surface area (Å²) in [6, 6.07) is 18.5. The van der Waals surface area contributed by atoms with E-state index >= 15 is 0 Å². The smallest absolute Gasteiger partial charge is 0.345 e. The largest absolute Gasteiger partial charge is 0.496 e. The van der Waals surface area contributed by atoms with Crippen molar-refractivity contribution >= 4 is 29.4 Å². The van der Waals surface area contributed by atoms with E-state index in [1.165, 1.54) is 6.07 Å². The summed E-state index contributed by atoms with van der Waals surface area (Å²) in [7, 11) is 1.56. The van der Waals surface area contributed by atoms with E-state index in [9.17, 15) is 9.59 Å². The number of halogens is 1. The molecule has 0 fully saturated rings. The maximum Gasteiger partial charge on any atom is 0.345 e. The number of methoxy groups -OCH3 is 1. The van der Waals surface area contributed by atoms with E-state index in [1.807, 2.05) is 18.2 Å². The van der Waals surface area contributed by atoms with E-state index in [-0.39, 0.29) is 22.9 Å². The lowest BCUT2D eigenvalue weighted by molar-refractivity contribution is 0.0734. The molecular formula is C23H15ClO5. The van der Waals surface area contributed by atoms with Gasteiger partial charge in [0.2, 0.25) is 5.78 Å². The van der Waals surface area contributed by atoms with Crippen LogP contribution in [0.4, 0.5) is 0 Å². The molecule has 0 saturated carbocycles. The van der Waals surface area contributed by atoms with Gasteiger partial charge in [-0.05, 0) is 36.4 Å². The van der Waals surface area contributed by atoms with E-state index in [4.69, 9.17) is 25.8 Å². The number of esters is 1. The van der Waals surface area contributed by atoms with Crippen LogP contribution in [0.3, 0.4) is 0 Å². The number of benzene rings is 3. The Labute approximate surface area is 172 Å². The summed E-state index contributed by atoms with van der Waals surface area (Å²) in [6.45, 7) is 0. The Balaban J connectivity index is 1.58. The SMILES string of the molecule is COc1ccccc1/C=C1\Oc2cc(OC(=O)c3ccccc3Cl)ccc2C1=O. The molecule has 0 spiro atoms. The summed E-state index contributed by atoms with van der Waals surface area (Å²) < 4.78 is 16.4. The molecule has 0 aromatic heterocycles. The minimum absolute atomic E-state index is 0.166. The lowest BCUT2D eigenvalue weighted by atomic mass is 10.1. The third-order valence-corrected chi connectivity index (χ3v) is 4.70. The lowest BCUT2D eigenvalue weighted by Crippen LogP contribution is -2.09. The van der Waals surface area contributed by atoms with E-state index in [1.54, 1.807) is 55.7 Å². The van der Waals surface area contributed by atoms with Crippen molar-refractivity contribution in [3.05, 3.63) is 94.2 Å². The minimum Gasteiger partial charge on any atom is -0.496 e. The fourth-order valence-corrected chi connectivity index (χ4v) is 3.16. The van der Waals surface area contributed by atoms with Crippen LogP contribution in [0.1, 0.15) is 26.3 Å². The first-order valence-corrected chi connectivity index (χ1v) is 9.12. The molecule has 0 radical (unpaired) electrons. The highest BCUT2D eigenvalue weighted by atomic mass is 35.5. The number of ether oxygens (including phenoxy) is 3. The first kappa shape index (κ1) is 18.8. The second-order valence-electron chi connectivity index (χ2n) is 6.21. The standard InChI is InChI=1S/C23H15ClO5/c1-27-19-9-5-2-6-14(19)12-21-22(25)17-11-10-15(13-20(17)29-21)28-23(26)16-7-3-4-8-18(16)24/h2-13H,1H3/b21-12-. The zero-order valence-corrected chi connectivity index (χ0v) is 16.1. The molecule has 3 aromatic carbocycles. The number of carbonyl (C=O) groups is 2. The Bertz CT molecular complexity index is 1150. The fourth-order valence-electron chi connectivity index (χ4n) is 2.95. The fraction of sp³-hybridized carbons (Fsp3) is 0.0435. The molecule has 0 amide bonds. The first-order valence-electron chi connectivity index (χ1n) is 8.75. The quantitative estimate of drug-likeness (QED) is 0.339. The van der Waals surface area contributed by atoms with Crippen molar-refractivity contribution in [2.45, 2.75) is 0 Å². The number of ketones is 1. The molecule has 5 nitrogen and oxygen atoms in total. The lowest BCUT2D eigenvalue weighted by Gasteiger charge is -2.07. The minimum atomic E-state index is -0.593. The second-order valence-corrected chi connectivity index (χ2v) is 6.62. The summed E-state index contributed by atoms with van der Waals surface area (Å²) in [4.78, 5) is 25.0. The van der Waals surface area contributed by atoms with Gasteiger partial charge >= 0.3 is 5.97 Å². The van der Waals surface area contributed by atoms with Crippen molar-refractivity contribution in [3.8, 4) is 17.2 Å². The third-order valence-electron chi connectivity index (χ3n) is 4.37. The van der Waals surface area contributed by atoms with Gasteiger partial charge in [0.1, 0.15) is 17.2 Å². The molecule has 144 valence electrons. The zero-order valence-electron chi connectivity index (χ0n) is 15.3. The van der Waals surface area contributed by atoms with Crippen LogP contribution in [0.2, 0.25) is 5.02 Å². The number of carbonyl (C=O) groups excluding carboxylic acids is 2.